The van der Waals surface area contributed by atoms with Crippen molar-refractivity contribution >= 4 is 15.9 Å². The predicted octanol–water partition coefficient (Wildman–Crippen LogP) is 6.50. The molecular formula is C18H34BrN. The van der Waals surface area contributed by atoms with Crippen LogP contribution < -0.4 is 5.73 Å². The third-order valence-corrected chi connectivity index (χ3v) is 4.16. The van der Waals surface area contributed by atoms with Gasteiger partial charge in [-0.05, 0) is 75.9 Å². The van der Waals surface area contributed by atoms with Gasteiger partial charge < -0.3 is 5.73 Å². The maximum Gasteiger partial charge on any atom is 0.00449 e. The first-order valence-corrected chi connectivity index (χ1v) is 8.44. The van der Waals surface area contributed by atoms with Crippen LogP contribution in [0.15, 0.2) is 33.4 Å². The first-order valence-electron chi connectivity index (χ1n) is 7.65. The van der Waals surface area contributed by atoms with E-state index in [1.165, 1.54) is 26.8 Å². The molecule has 0 spiro atoms. The van der Waals surface area contributed by atoms with Crippen LogP contribution in [0.2, 0.25) is 0 Å². The minimum atomic E-state index is 0.459. The van der Waals surface area contributed by atoms with Crippen molar-refractivity contribution in [3.05, 3.63) is 33.4 Å². The molecule has 0 radical (unpaired) electrons. The highest BCUT2D eigenvalue weighted by Crippen LogP contribution is 2.20. The van der Waals surface area contributed by atoms with E-state index in [-0.39, 0.29) is 0 Å². The molecule has 1 aliphatic rings. The van der Waals surface area contributed by atoms with Crippen molar-refractivity contribution in [1.29, 1.82) is 0 Å². The van der Waals surface area contributed by atoms with Crippen LogP contribution in [0.25, 0.3) is 0 Å². The van der Waals surface area contributed by atoms with Crippen molar-refractivity contribution in [1.82, 2.24) is 0 Å². The van der Waals surface area contributed by atoms with E-state index < -0.39 is 0 Å². The molecule has 0 amide bonds. The largest absolute Gasteiger partial charge is 0.328 e. The highest BCUT2D eigenvalue weighted by molar-refractivity contribution is 9.11. The molecular weight excluding hydrogens is 310 g/mol. The zero-order valence-electron chi connectivity index (χ0n) is 14.6. The first-order chi connectivity index (χ1) is 9.25. The predicted molar refractivity (Wildman–Crippen MR) is 98.3 cm³/mol. The summed E-state index contributed by atoms with van der Waals surface area (Å²) in [5.41, 5.74) is 11.2. The minimum absolute atomic E-state index is 0.459. The Bertz CT molecular complexity index is 310. The Morgan fingerprint density at radius 2 is 1.40 bits per heavy atom. The van der Waals surface area contributed by atoms with Gasteiger partial charge in [0.2, 0.25) is 0 Å². The second kappa shape index (κ2) is 12.4. The Balaban J connectivity index is 0. The lowest BCUT2D eigenvalue weighted by atomic mass is 9.93. The van der Waals surface area contributed by atoms with Crippen molar-refractivity contribution in [2.45, 2.75) is 80.2 Å². The van der Waals surface area contributed by atoms with Gasteiger partial charge in [-0.25, -0.2) is 0 Å². The molecule has 0 atom stereocenters. The zero-order chi connectivity index (χ0) is 16.3. The second-order valence-electron chi connectivity index (χ2n) is 5.37. The third kappa shape index (κ3) is 10.4. The summed E-state index contributed by atoms with van der Waals surface area (Å²) in [4.78, 5) is 0. The van der Waals surface area contributed by atoms with Gasteiger partial charge in [-0.15, -0.1) is 0 Å². The fourth-order valence-electron chi connectivity index (χ4n) is 1.68. The molecule has 20 heavy (non-hydrogen) atoms. The van der Waals surface area contributed by atoms with Crippen molar-refractivity contribution in [3.63, 3.8) is 0 Å². The molecule has 1 fully saturated rings. The standard InChI is InChI=1S/C9H15Br.C7H13N.C2H6/c1-6(2)7(3)8(4)9(5)10;1-6-2-4-7(8)5-3-6;1-2/h1-5H3;7H,1-5,8H2;1-2H3/b9-8+;;. The van der Waals surface area contributed by atoms with E-state index in [4.69, 9.17) is 5.73 Å². The molecule has 0 aliphatic heterocycles. The molecule has 0 aromatic rings. The van der Waals surface area contributed by atoms with Crippen LogP contribution in [0.4, 0.5) is 0 Å². The molecule has 118 valence electrons. The Morgan fingerprint density at radius 1 is 1.00 bits per heavy atom. The van der Waals surface area contributed by atoms with Crippen LogP contribution in [0.3, 0.4) is 0 Å². The van der Waals surface area contributed by atoms with Gasteiger partial charge in [0.05, 0.1) is 0 Å². The van der Waals surface area contributed by atoms with Gasteiger partial charge in [0.15, 0.2) is 0 Å². The van der Waals surface area contributed by atoms with E-state index in [0.29, 0.717) is 6.04 Å². The summed E-state index contributed by atoms with van der Waals surface area (Å²) in [6.45, 7) is 18.5. The number of nitrogens with two attached hydrogens (primary N) is 1. The lowest BCUT2D eigenvalue weighted by Gasteiger charge is -2.18. The van der Waals surface area contributed by atoms with Gasteiger partial charge in [0, 0.05) is 6.04 Å². The SMILES string of the molecule is C=C1CCC(N)CC1.CC.CC(C)=C(C)/C(C)=C(\C)Br. The van der Waals surface area contributed by atoms with Gasteiger partial charge in [0.1, 0.15) is 0 Å². The van der Waals surface area contributed by atoms with Crippen molar-refractivity contribution in [3.8, 4) is 0 Å². The lowest BCUT2D eigenvalue weighted by Crippen LogP contribution is -2.22. The summed E-state index contributed by atoms with van der Waals surface area (Å²) in [5, 5.41) is 0. The number of hydrogen-bond donors (Lipinski definition) is 1. The van der Waals surface area contributed by atoms with Gasteiger partial charge >= 0.3 is 0 Å². The highest BCUT2D eigenvalue weighted by Gasteiger charge is 2.09. The number of halogens is 1. The molecule has 0 heterocycles. The van der Waals surface area contributed by atoms with Crippen LogP contribution in [-0.2, 0) is 0 Å². The van der Waals surface area contributed by atoms with E-state index in [1.807, 2.05) is 13.8 Å². The van der Waals surface area contributed by atoms with Crippen molar-refractivity contribution < 1.29 is 0 Å². The summed E-state index contributed by atoms with van der Waals surface area (Å²) in [5.74, 6) is 0. The molecule has 1 saturated carbocycles. The topological polar surface area (TPSA) is 26.0 Å². The van der Waals surface area contributed by atoms with E-state index >= 15 is 0 Å². The summed E-state index contributed by atoms with van der Waals surface area (Å²) < 4.78 is 1.23. The molecule has 2 N–H and O–H groups in total. The maximum absolute atomic E-state index is 5.66. The fraction of sp³-hybridized carbons (Fsp3) is 0.667. The quantitative estimate of drug-likeness (QED) is 0.426. The normalized spacial score (nSPS) is 16.1. The van der Waals surface area contributed by atoms with Crippen molar-refractivity contribution in [2.24, 2.45) is 5.73 Å². The summed E-state index contributed by atoms with van der Waals surface area (Å²) in [6, 6.07) is 0.459. The van der Waals surface area contributed by atoms with Crippen LogP contribution in [0.5, 0.6) is 0 Å². The Hall–Kier alpha value is -0.340. The van der Waals surface area contributed by atoms with Crippen LogP contribution in [0.1, 0.15) is 74.1 Å². The second-order valence-corrected chi connectivity index (χ2v) is 6.56. The Labute approximate surface area is 135 Å². The summed E-state index contributed by atoms with van der Waals surface area (Å²) >= 11 is 3.45. The summed E-state index contributed by atoms with van der Waals surface area (Å²) in [6.07, 6.45) is 4.61. The number of allylic oxidation sites excluding steroid dienone is 5. The molecule has 1 nitrogen and oxygen atoms in total. The molecule has 1 aliphatic carbocycles. The van der Waals surface area contributed by atoms with Gasteiger partial charge in [-0.2, -0.15) is 0 Å². The zero-order valence-corrected chi connectivity index (χ0v) is 16.2. The van der Waals surface area contributed by atoms with Gasteiger partial charge in [-0.1, -0.05) is 47.5 Å². The number of hydrogen-bond acceptors (Lipinski definition) is 1. The molecule has 0 aromatic carbocycles. The van der Waals surface area contributed by atoms with E-state index in [1.54, 1.807) is 0 Å². The van der Waals surface area contributed by atoms with E-state index in [2.05, 4.69) is 57.1 Å². The van der Waals surface area contributed by atoms with Gasteiger partial charge in [0.25, 0.3) is 0 Å². The maximum atomic E-state index is 5.66. The van der Waals surface area contributed by atoms with E-state index in [0.717, 1.165) is 25.7 Å². The molecule has 1 rings (SSSR count). The average Bonchev–Trinajstić information content (AvgIpc) is 2.43. The lowest BCUT2D eigenvalue weighted by molar-refractivity contribution is 0.513. The van der Waals surface area contributed by atoms with Crippen LogP contribution in [0, 0.1) is 0 Å². The van der Waals surface area contributed by atoms with E-state index in [9.17, 15) is 0 Å². The molecule has 2 heteroatoms. The monoisotopic (exact) mass is 343 g/mol. The minimum Gasteiger partial charge on any atom is -0.328 e. The molecule has 0 saturated heterocycles. The summed E-state index contributed by atoms with van der Waals surface area (Å²) in [7, 11) is 0. The van der Waals surface area contributed by atoms with Crippen LogP contribution >= 0.6 is 15.9 Å². The van der Waals surface area contributed by atoms with Crippen molar-refractivity contribution in [2.75, 3.05) is 0 Å². The Kier molecular flexibility index (Phi) is 13.6. The molecule has 0 bridgehead atoms. The molecule has 0 aromatic heterocycles. The molecule has 0 unspecified atom stereocenters. The van der Waals surface area contributed by atoms with Crippen LogP contribution in [-0.4, -0.2) is 6.04 Å². The highest BCUT2D eigenvalue weighted by atomic mass is 79.9. The Morgan fingerprint density at radius 3 is 1.60 bits per heavy atom. The average molecular weight is 344 g/mol. The third-order valence-electron chi connectivity index (χ3n) is 3.57. The first kappa shape index (κ1) is 21.9. The fourth-order valence-corrected chi connectivity index (χ4v) is 1.98. The number of rotatable bonds is 1. The van der Waals surface area contributed by atoms with Gasteiger partial charge in [-0.3, -0.25) is 0 Å². The smallest absolute Gasteiger partial charge is 0.00449 e.